The summed E-state index contributed by atoms with van der Waals surface area (Å²) in [5.41, 5.74) is 1.13. The van der Waals surface area contributed by atoms with Gasteiger partial charge in [-0.1, -0.05) is 36.4 Å². The number of fused-ring (bicyclic) bond motifs is 1. The Hall–Kier alpha value is -3.06. The van der Waals surface area contributed by atoms with Crippen molar-refractivity contribution < 1.29 is 23.1 Å². The van der Waals surface area contributed by atoms with Gasteiger partial charge >= 0.3 is 5.97 Å². The quantitative estimate of drug-likeness (QED) is 0.647. The molecule has 0 saturated heterocycles. The van der Waals surface area contributed by atoms with E-state index in [-0.39, 0.29) is 11.3 Å². The molecule has 0 fully saturated rings. The second-order valence-electron chi connectivity index (χ2n) is 6.01. The molecule has 0 aliphatic rings. The minimum Gasteiger partial charge on any atom is -0.496 e. The fourth-order valence-corrected chi connectivity index (χ4v) is 4.17. The van der Waals surface area contributed by atoms with Crippen molar-refractivity contribution in [2.45, 2.75) is 17.7 Å². The largest absolute Gasteiger partial charge is 0.496 e. The van der Waals surface area contributed by atoms with Crippen molar-refractivity contribution in [3.63, 3.8) is 0 Å². The summed E-state index contributed by atoms with van der Waals surface area (Å²) in [7, 11) is -2.30. The minimum atomic E-state index is -3.83. The smallest absolute Gasteiger partial charge is 0.303 e. The third-order valence-electron chi connectivity index (χ3n) is 4.16. The standard InChI is InChI=1S/C20H19NO5S/c1-26-18-10-11-19(17-8-3-2-7-16(17)18)27(24,25)21-15-6-4-5-14(13-15)9-12-20(22)23/h2-8,10-11,13,21H,9,12H2,1H3,(H,22,23). The van der Waals surface area contributed by atoms with Crippen LogP contribution in [0.15, 0.2) is 65.6 Å². The molecule has 0 amide bonds. The molecular weight excluding hydrogens is 366 g/mol. The van der Waals surface area contributed by atoms with Crippen LogP contribution in [0, 0.1) is 0 Å². The van der Waals surface area contributed by atoms with Gasteiger partial charge in [0.2, 0.25) is 0 Å². The van der Waals surface area contributed by atoms with Crippen LogP contribution in [0.3, 0.4) is 0 Å². The van der Waals surface area contributed by atoms with E-state index >= 15 is 0 Å². The van der Waals surface area contributed by atoms with Gasteiger partial charge in [-0.3, -0.25) is 9.52 Å². The van der Waals surface area contributed by atoms with Gasteiger partial charge in [0, 0.05) is 22.9 Å². The average molecular weight is 385 g/mol. The maximum absolute atomic E-state index is 12.9. The molecule has 0 spiro atoms. The van der Waals surface area contributed by atoms with Crippen molar-refractivity contribution in [2.24, 2.45) is 0 Å². The van der Waals surface area contributed by atoms with Crippen molar-refractivity contribution >= 4 is 32.5 Å². The summed E-state index contributed by atoms with van der Waals surface area (Å²) in [4.78, 5) is 10.9. The normalized spacial score (nSPS) is 11.3. The second-order valence-corrected chi connectivity index (χ2v) is 7.66. The van der Waals surface area contributed by atoms with Crippen molar-refractivity contribution in [3.8, 4) is 5.75 Å². The average Bonchev–Trinajstić information content (AvgIpc) is 2.65. The van der Waals surface area contributed by atoms with Gasteiger partial charge in [-0.05, 0) is 36.2 Å². The van der Waals surface area contributed by atoms with E-state index in [9.17, 15) is 13.2 Å². The molecule has 0 bridgehead atoms. The van der Waals surface area contributed by atoms with E-state index in [1.165, 1.54) is 13.2 Å². The Morgan fingerprint density at radius 3 is 2.48 bits per heavy atom. The molecule has 0 radical (unpaired) electrons. The van der Waals surface area contributed by atoms with Crippen LogP contribution in [0.5, 0.6) is 5.75 Å². The number of carboxylic acid groups (broad SMARTS) is 1. The molecule has 3 aromatic rings. The maximum Gasteiger partial charge on any atom is 0.303 e. The lowest BCUT2D eigenvalue weighted by Crippen LogP contribution is -2.13. The summed E-state index contributed by atoms with van der Waals surface area (Å²) in [5, 5.41) is 10.1. The Balaban J connectivity index is 1.95. The molecule has 6 nitrogen and oxygen atoms in total. The Bertz CT molecular complexity index is 1090. The van der Waals surface area contributed by atoms with E-state index in [0.29, 0.717) is 28.6 Å². The topological polar surface area (TPSA) is 92.7 Å². The molecule has 2 N–H and O–H groups in total. The van der Waals surface area contributed by atoms with E-state index in [0.717, 1.165) is 5.56 Å². The third kappa shape index (κ3) is 4.20. The number of aliphatic carboxylic acids is 1. The predicted octanol–water partition coefficient (Wildman–Crippen LogP) is 3.67. The van der Waals surface area contributed by atoms with Crippen LogP contribution >= 0.6 is 0 Å². The highest BCUT2D eigenvalue weighted by molar-refractivity contribution is 7.93. The fraction of sp³-hybridized carbons (Fsp3) is 0.150. The molecule has 3 aromatic carbocycles. The molecule has 3 rings (SSSR count). The Morgan fingerprint density at radius 2 is 1.78 bits per heavy atom. The lowest BCUT2D eigenvalue weighted by Gasteiger charge is -2.13. The highest BCUT2D eigenvalue weighted by Gasteiger charge is 2.19. The minimum absolute atomic E-state index is 0.0146. The van der Waals surface area contributed by atoms with Crippen LogP contribution in [0.25, 0.3) is 10.8 Å². The SMILES string of the molecule is COc1ccc(S(=O)(=O)Nc2cccc(CCC(=O)O)c2)c2ccccc12. The Morgan fingerprint density at radius 1 is 1.04 bits per heavy atom. The second kappa shape index (κ2) is 7.67. The maximum atomic E-state index is 12.9. The first-order valence-corrected chi connectivity index (χ1v) is 9.78. The van der Waals surface area contributed by atoms with E-state index in [1.54, 1.807) is 48.5 Å². The number of hydrogen-bond acceptors (Lipinski definition) is 4. The van der Waals surface area contributed by atoms with Gasteiger partial charge in [0.1, 0.15) is 5.75 Å². The monoisotopic (exact) mass is 385 g/mol. The van der Waals surface area contributed by atoms with Crippen molar-refractivity contribution in [1.82, 2.24) is 0 Å². The number of hydrogen-bond donors (Lipinski definition) is 2. The van der Waals surface area contributed by atoms with Gasteiger partial charge in [-0.15, -0.1) is 0 Å². The van der Waals surface area contributed by atoms with Crippen molar-refractivity contribution in [1.29, 1.82) is 0 Å². The number of nitrogens with one attached hydrogen (secondary N) is 1. The summed E-state index contributed by atoms with van der Waals surface area (Å²) >= 11 is 0. The van der Waals surface area contributed by atoms with Gasteiger partial charge in [-0.2, -0.15) is 0 Å². The lowest BCUT2D eigenvalue weighted by atomic mass is 10.1. The molecule has 0 unspecified atom stereocenters. The van der Waals surface area contributed by atoms with Crippen LogP contribution in [0.4, 0.5) is 5.69 Å². The zero-order valence-electron chi connectivity index (χ0n) is 14.7. The van der Waals surface area contributed by atoms with Gasteiger partial charge in [-0.25, -0.2) is 8.42 Å². The molecule has 0 heterocycles. The number of carbonyl (C=O) groups is 1. The van der Waals surface area contributed by atoms with E-state index in [4.69, 9.17) is 9.84 Å². The van der Waals surface area contributed by atoms with Gasteiger partial charge in [0.15, 0.2) is 0 Å². The highest BCUT2D eigenvalue weighted by Crippen LogP contribution is 2.31. The number of sulfonamides is 1. The molecule has 0 aromatic heterocycles. The summed E-state index contributed by atoms with van der Waals surface area (Å²) in [6, 6.07) is 17.0. The number of rotatable bonds is 7. The van der Waals surface area contributed by atoms with Crippen molar-refractivity contribution in [2.75, 3.05) is 11.8 Å². The van der Waals surface area contributed by atoms with Gasteiger partial charge < -0.3 is 9.84 Å². The summed E-state index contributed by atoms with van der Waals surface area (Å²) in [5.74, 6) is -0.300. The summed E-state index contributed by atoms with van der Waals surface area (Å²) in [6.45, 7) is 0. The van der Waals surface area contributed by atoms with Crippen LogP contribution in [0.1, 0.15) is 12.0 Å². The van der Waals surface area contributed by atoms with E-state index < -0.39 is 16.0 Å². The third-order valence-corrected chi connectivity index (χ3v) is 5.60. The van der Waals surface area contributed by atoms with Crippen LogP contribution in [-0.4, -0.2) is 26.6 Å². The molecule has 0 aliphatic carbocycles. The van der Waals surface area contributed by atoms with Crippen LogP contribution in [0.2, 0.25) is 0 Å². The number of carboxylic acids is 1. The molecule has 140 valence electrons. The Labute approximate surface area is 157 Å². The number of benzene rings is 3. The number of ether oxygens (including phenoxy) is 1. The van der Waals surface area contributed by atoms with Gasteiger partial charge in [0.05, 0.1) is 12.0 Å². The van der Waals surface area contributed by atoms with Crippen LogP contribution in [-0.2, 0) is 21.2 Å². The van der Waals surface area contributed by atoms with Crippen LogP contribution < -0.4 is 9.46 Å². The Kier molecular flexibility index (Phi) is 5.32. The summed E-state index contributed by atoms with van der Waals surface area (Å²) in [6.07, 6.45) is 0.315. The molecule has 27 heavy (non-hydrogen) atoms. The zero-order valence-corrected chi connectivity index (χ0v) is 15.5. The fourth-order valence-electron chi connectivity index (χ4n) is 2.91. The number of methoxy groups -OCH3 is 1. The number of anilines is 1. The predicted molar refractivity (Wildman–Crippen MR) is 104 cm³/mol. The highest BCUT2D eigenvalue weighted by atomic mass is 32.2. The zero-order chi connectivity index (χ0) is 19.4. The molecule has 0 atom stereocenters. The molecule has 7 heteroatoms. The van der Waals surface area contributed by atoms with E-state index in [1.807, 2.05) is 6.07 Å². The first kappa shape index (κ1) is 18.7. The lowest BCUT2D eigenvalue weighted by molar-refractivity contribution is -0.136. The molecule has 0 saturated carbocycles. The first-order chi connectivity index (χ1) is 12.9. The molecular formula is C20H19NO5S. The van der Waals surface area contributed by atoms with E-state index in [2.05, 4.69) is 4.72 Å². The molecule has 0 aliphatic heterocycles. The summed E-state index contributed by atoms with van der Waals surface area (Å²) < 4.78 is 33.8. The van der Waals surface area contributed by atoms with Gasteiger partial charge in [0.25, 0.3) is 10.0 Å². The first-order valence-electron chi connectivity index (χ1n) is 8.30. The number of aryl methyl sites for hydroxylation is 1. The van der Waals surface area contributed by atoms with Crippen molar-refractivity contribution in [3.05, 3.63) is 66.2 Å².